The average Bonchev–Trinajstić information content (AvgIpc) is 2.76. The van der Waals surface area contributed by atoms with Crippen molar-refractivity contribution in [2.45, 2.75) is 27.2 Å². The summed E-state index contributed by atoms with van der Waals surface area (Å²) >= 11 is 1.07. The zero-order valence-corrected chi connectivity index (χ0v) is 12.3. The molecular formula is C15H14O4S. The Morgan fingerprint density at radius 2 is 1.65 bits per heavy atom. The van der Waals surface area contributed by atoms with E-state index in [0.717, 1.165) is 11.3 Å². The maximum atomic E-state index is 11.8. The Bertz CT molecular complexity index is 740. The summed E-state index contributed by atoms with van der Waals surface area (Å²) in [5.41, 5.74) is 1.58. The molecule has 0 atom stereocenters. The van der Waals surface area contributed by atoms with Crippen molar-refractivity contribution < 1.29 is 19.5 Å². The molecule has 104 valence electrons. The summed E-state index contributed by atoms with van der Waals surface area (Å²) in [6.45, 7) is 4.73. The van der Waals surface area contributed by atoms with Gasteiger partial charge in [0.2, 0.25) is 0 Å². The van der Waals surface area contributed by atoms with Gasteiger partial charge in [0.25, 0.3) is 0 Å². The van der Waals surface area contributed by atoms with Crippen LogP contribution in [0.4, 0.5) is 0 Å². The Morgan fingerprint density at radius 3 is 2.10 bits per heavy atom. The van der Waals surface area contributed by atoms with Crippen LogP contribution in [0.2, 0.25) is 0 Å². The van der Waals surface area contributed by atoms with Crippen LogP contribution in [0.3, 0.4) is 0 Å². The number of aromatic carboxylic acids is 1. The lowest BCUT2D eigenvalue weighted by Crippen LogP contribution is -2.00. The first kappa shape index (κ1) is 14.4. The number of hydrogen-bond acceptors (Lipinski definition) is 4. The van der Waals surface area contributed by atoms with E-state index in [1.54, 1.807) is 12.1 Å². The Morgan fingerprint density at radius 1 is 1.10 bits per heavy atom. The highest BCUT2D eigenvalue weighted by Gasteiger charge is 2.23. The van der Waals surface area contributed by atoms with Crippen LogP contribution in [0.5, 0.6) is 0 Å². The summed E-state index contributed by atoms with van der Waals surface area (Å²) in [7, 11) is 0. The zero-order chi connectivity index (χ0) is 15.0. The number of fused-ring (bicyclic) bond motifs is 1. The van der Waals surface area contributed by atoms with Gasteiger partial charge >= 0.3 is 5.97 Å². The summed E-state index contributed by atoms with van der Waals surface area (Å²) in [5.74, 6) is -1.28. The molecule has 0 amide bonds. The monoisotopic (exact) mass is 290 g/mol. The predicted octanol–water partition coefficient (Wildman–Crippen LogP) is 3.57. The first-order valence-corrected chi connectivity index (χ1v) is 7.03. The molecule has 0 aliphatic carbocycles. The molecule has 1 N–H and O–H groups in total. The van der Waals surface area contributed by atoms with Gasteiger partial charge in [-0.25, -0.2) is 4.79 Å². The van der Waals surface area contributed by atoms with E-state index in [4.69, 9.17) is 0 Å². The molecule has 0 bridgehead atoms. The number of hydrogen-bond donors (Lipinski definition) is 1. The number of thiophene rings is 1. The summed E-state index contributed by atoms with van der Waals surface area (Å²) in [6.07, 6.45) is 0.503. The third-order valence-corrected chi connectivity index (χ3v) is 4.50. The summed E-state index contributed by atoms with van der Waals surface area (Å²) in [6, 6.07) is 3.21. The predicted molar refractivity (Wildman–Crippen MR) is 78.2 cm³/mol. The van der Waals surface area contributed by atoms with Crippen molar-refractivity contribution in [3.63, 3.8) is 0 Å². The highest BCUT2D eigenvalue weighted by atomic mass is 32.1. The fourth-order valence-electron chi connectivity index (χ4n) is 2.35. The van der Waals surface area contributed by atoms with Crippen LogP contribution in [-0.2, 0) is 6.42 Å². The maximum Gasteiger partial charge on any atom is 0.346 e. The lowest BCUT2D eigenvalue weighted by molar-refractivity contribution is 0.0700. The number of carbonyl (C=O) groups excluding carboxylic acids is 2. The van der Waals surface area contributed by atoms with Crippen LogP contribution in [-0.4, -0.2) is 22.6 Å². The minimum absolute atomic E-state index is 0.130. The molecular weight excluding hydrogens is 276 g/mol. The van der Waals surface area contributed by atoms with Gasteiger partial charge in [0.15, 0.2) is 11.6 Å². The van der Waals surface area contributed by atoms with Crippen molar-refractivity contribution in [3.8, 4) is 0 Å². The van der Waals surface area contributed by atoms with Crippen LogP contribution < -0.4 is 0 Å². The van der Waals surface area contributed by atoms with E-state index in [-0.39, 0.29) is 16.4 Å². The van der Waals surface area contributed by atoms with Gasteiger partial charge in [-0.1, -0.05) is 6.92 Å². The number of rotatable bonds is 4. The zero-order valence-electron chi connectivity index (χ0n) is 11.4. The van der Waals surface area contributed by atoms with E-state index in [1.807, 2.05) is 6.92 Å². The van der Waals surface area contributed by atoms with Crippen LogP contribution in [0.1, 0.15) is 56.7 Å². The number of benzene rings is 1. The van der Waals surface area contributed by atoms with E-state index in [0.29, 0.717) is 33.2 Å². The largest absolute Gasteiger partial charge is 0.477 e. The molecule has 20 heavy (non-hydrogen) atoms. The average molecular weight is 290 g/mol. The number of carboxylic acids is 1. The van der Waals surface area contributed by atoms with E-state index in [9.17, 15) is 19.5 Å². The first-order valence-electron chi connectivity index (χ1n) is 6.22. The summed E-state index contributed by atoms with van der Waals surface area (Å²) in [4.78, 5) is 35.0. The minimum atomic E-state index is -1.02. The third-order valence-electron chi connectivity index (χ3n) is 3.24. The Kier molecular flexibility index (Phi) is 3.72. The molecule has 4 nitrogen and oxygen atoms in total. The molecule has 0 saturated carbocycles. The van der Waals surface area contributed by atoms with Crippen molar-refractivity contribution >= 4 is 39.0 Å². The van der Waals surface area contributed by atoms with E-state index in [1.165, 1.54) is 13.8 Å². The number of carboxylic acid groups (broad SMARTS) is 1. The molecule has 1 aromatic carbocycles. The van der Waals surface area contributed by atoms with Crippen molar-refractivity contribution in [1.29, 1.82) is 0 Å². The van der Waals surface area contributed by atoms with Gasteiger partial charge in [0.1, 0.15) is 4.88 Å². The number of aryl methyl sites for hydroxylation is 1. The normalized spacial score (nSPS) is 10.8. The molecule has 5 heteroatoms. The minimum Gasteiger partial charge on any atom is -0.477 e. The second-order valence-electron chi connectivity index (χ2n) is 4.55. The van der Waals surface area contributed by atoms with Gasteiger partial charge in [0.05, 0.1) is 0 Å². The number of Topliss-reactive ketones (excluding diaryl/α,β-unsaturated/α-hetero) is 2. The van der Waals surface area contributed by atoms with Crippen LogP contribution >= 0.6 is 11.3 Å². The van der Waals surface area contributed by atoms with Crippen LogP contribution in [0.15, 0.2) is 12.1 Å². The number of ketones is 2. The molecule has 0 aliphatic rings. The van der Waals surface area contributed by atoms with Gasteiger partial charge in [-0.15, -0.1) is 11.3 Å². The fraction of sp³-hybridized carbons (Fsp3) is 0.267. The molecule has 0 fully saturated rings. The maximum absolute atomic E-state index is 11.8. The molecule has 0 aliphatic heterocycles. The van der Waals surface area contributed by atoms with Gasteiger partial charge in [0, 0.05) is 21.2 Å². The van der Waals surface area contributed by atoms with Gasteiger partial charge in [-0.3, -0.25) is 9.59 Å². The molecule has 2 rings (SSSR count). The highest BCUT2D eigenvalue weighted by Crippen LogP contribution is 2.37. The van der Waals surface area contributed by atoms with Gasteiger partial charge in [-0.2, -0.15) is 0 Å². The molecule has 0 spiro atoms. The van der Waals surface area contributed by atoms with Crippen LogP contribution in [0.25, 0.3) is 10.1 Å². The Hall–Kier alpha value is -2.01. The lowest BCUT2D eigenvalue weighted by atomic mass is 9.97. The van der Waals surface area contributed by atoms with Gasteiger partial charge in [-0.05, 0) is 38.0 Å². The molecule has 1 heterocycles. The van der Waals surface area contributed by atoms with Crippen LogP contribution in [0, 0.1) is 0 Å². The third kappa shape index (κ3) is 2.14. The van der Waals surface area contributed by atoms with Crippen molar-refractivity contribution in [2.24, 2.45) is 0 Å². The second-order valence-corrected chi connectivity index (χ2v) is 5.57. The van der Waals surface area contributed by atoms with E-state index in [2.05, 4.69) is 0 Å². The molecule has 1 aromatic heterocycles. The number of carbonyl (C=O) groups is 3. The Balaban J connectivity index is 3.00. The standard InChI is InChI=1S/C15H14O4S/c1-4-9-12-10(7(2)16)5-6-11(8(3)17)13(12)20-14(9)15(18)19/h5-6H,4H2,1-3H3,(H,18,19). The highest BCUT2D eigenvalue weighted by molar-refractivity contribution is 7.21. The van der Waals surface area contributed by atoms with Crippen molar-refractivity contribution in [3.05, 3.63) is 33.7 Å². The second kappa shape index (κ2) is 5.17. The summed E-state index contributed by atoms with van der Waals surface area (Å²) < 4.78 is 0.597. The lowest BCUT2D eigenvalue weighted by Gasteiger charge is -2.05. The van der Waals surface area contributed by atoms with E-state index < -0.39 is 5.97 Å². The molecule has 2 aromatic rings. The molecule has 0 saturated heterocycles. The molecule has 0 radical (unpaired) electrons. The first-order chi connectivity index (χ1) is 9.38. The van der Waals surface area contributed by atoms with Crippen molar-refractivity contribution in [1.82, 2.24) is 0 Å². The summed E-state index contributed by atoms with van der Waals surface area (Å²) in [5, 5.41) is 9.92. The van der Waals surface area contributed by atoms with E-state index >= 15 is 0 Å². The molecule has 0 unspecified atom stereocenters. The topological polar surface area (TPSA) is 71.4 Å². The quantitative estimate of drug-likeness (QED) is 0.874. The fourth-order valence-corrected chi connectivity index (χ4v) is 3.66. The van der Waals surface area contributed by atoms with Gasteiger partial charge < -0.3 is 5.11 Å². The Labute approximate surface area is 120 Å². The van der Waals surface area contributed by atoms with Crippen molar-refractivity contribution in [2.75, 3.05) is 0 Å². The SMILES string of the molecule is CCc1c(C(=O)O)sc2c(C(C)=O)ccc(C(C)=O)c12. The smallest absolute Gasteiger partial charge is 0.346 e.